The molecule has 0 aliphatic carbocycles. The van der Waals surface area contributed by atoms with Gasteiger partial charge < -0.3 is 5.32 Å². The normalized spacial score (nSPS) is 9.79. The van der Waals surface area contributed by atoms with Gasteiger partial charge in [0.05, 0.1) is 5.69 Å². The van der Waals surface area contributed by atoms with Crippen LogP contribution in [-0.2, 0) is 0 Å². The SMILES string of the molecule is CNc1ccc(-c2ccccn2)nn1. The van der Waals surface area contributed by atoms with Gasteiger partial charge in [-0.05, 0) is 24.3 Å². The Morgan fingerprint density at radius 2 is 1.93 bits per heavy atom. The molecule has 0 saturated heterocycles. The second kappa shape index (κ2) is 3.83. The summed E-state index contributed by atoms with van der Waals surface area (Å²) >= 11 is 0. The fourth-order valence-electron chi connectivity index (χ4n) is 1.12. The first-order valence-corrected chi connectivity index (χ1v) is 4.33. The lowest BCUT2D eigenvalue weighted by atomic mass is 10.2. The molecule has 0 aliphatic rings. The average Bonchev–Trinajstić information content (AvgIpc) is 2.30. The molecule has 2 aromatic heterocycles. The maximum absolute atomic E-state index is 4.18. The third-order valence-electron chi connectivity index (χ3n) is 1.85. The van der Waals surface area contributed by atoms with Crippen LogP contribution in [0.5, 0.6) is 0 Å². The lowest BCUT2D eigenvalue weighted by Gasteiger charge is -1.99. The van der Waals surface area contributed by atoms with Crippen molar-refractivity contribution in [2.75, 3.05) is 12.4 Å². The second-order valence-electron chi connectivity index (χ2n) is 2.77. The van der Waals surface area contributed by atoms with Crippen molar-refractivity contribution in [3.63, 3.8) is 0 Å². The molecule has 14 heavy (non-hydrogen) atoms. The van der Waals surface area contributed by atoms with E-state index in [9.17, 15) is 0 Å². The predicted octanol–water partition coefficient (Wildman–Crippen LogP) is 1.58. The van der Waals surface area contributed by atoms with Crippen LogP contribution in [0.3, 0.4) is 0 Å². The number of anilines is 1. The van der Waals surface area contributed by atoms with Gasteiger partial charge in [0.2, 0.25) is 0 Å². The van der Waals surface area contributed by atoms with Crippen molar-refractivity contribution in [3.05, 3.63) is 36.5 Å². The maximum atomic E-state index is 4.18. The number of nitrogens with one attached hydrogen (secondary N) is 1. The summed E-state index contributed by atoms with van der Waals surface area (Å²) in [5, 5.41) is 10.9. The Morgan fingerprint density at radius 3 is 2.50 bits per heavy atom. The zero-order valence-corrected chi connectivity index (χ0v) is 7.81. The van der Waals surface area contributed by atoms with Crippen LogP contribution in [0, 0.1) is 0 Å². The van der Waals surface area contributed by atoms with Crippen LogP contribution in [0.25, 0.3) is 11.4 Å². The Bertz CT molecular complexity index is 396. The van der Waals surface area contributed by atoms with E-state index in [1.807, 2.05) is 37.4 Å². The largest absolute Gasteiger partial charge is 0.372 e. The summed E-state index contributed by atoms with van der Waals surface area (Å²) < 4.78 is 0. The molecular formula is C10H10N4. The molecule has 2 rings (SSSR count). The van der Waals surface area contributed by atoms with Gasteiger partial charge in [-0.3, -0.25) is 4.98 Å². The summed E-state index contributed by atoms with van der Waals surface area (Å²) in [7, 11) is 1.81. The van der Waals surface area contributed by atoms with E-state index in [0.29, 0.717) is 0 Å². The minimum Gasteiger partial charge on any atom is -0.372 e. The van der Waals surface area contributed by atoms with Crippen LogP contribution < -0.4 is 5.32 Å². The highest BCUT2D eigenvalue weighted by Gasteiger charge is 1.99. The molecule has 0 fully saturated rings. The van der Waals surface area contributed by atoms with E-state index in [-0.39, 0.29) is 0 Å². The van der Waals surface area contributed by atoms with Crippen molar-refractivity contribution in [1.82, 2.24) is 15.2 Å². The topological polar surface area (TPSA) is 50.7 Å². The van der Waals surface area contributed by atoms with Crippen LogP contribution in [-0.4, -0.2) is 22.2 Å². The minimum atomic E-state index is 0.754. The monoisotopic (exact) mass is 186 g/mol. The number of hydrogen-bond acceptors (Lipinski definition) is 4. The maximum Gasteiger partial charge on any atom is 0.148 e. The molecule has 0 unspecified atom stereocenters. The molecule has 2 heterocycles. The van der Waals surface area contributed by atoms with Gasteiger partial charge in [0, 0.05) is 13.2 Å². The number of pyridine rings is 1. The lowest BCUT2D eigenvalue weighted by molar-refractivity contribution is 1.03. The van der Waals surface area contributed by atoms with Gasteiger partial charge in [-0.1, -0.05) is 6.07 Å². The quantitative estimate of drug-likeness (QED) is 0.773. The zero-order valence-electron chi connectivity index (χ0n) is 7.81. The van der Waals surface area contributed by atoms with E-state index >= 15 is 0 Å². The molecule has 2 aromatic rings. The Labute approximate surface area is 82.0 Å². The molecule has 0 spiro atoms. The fraction of sp³-hybridized carbons (Fsp3) is 0.100. The summed E-state index contributed by atoms with van der Waals surface area (Å²) in [4.78, 5) is 4.18. The van der Waals surface area contributed by atoms with Gasteiger partial charge >= 0.3 is 0 Å². The highest BCUT2D eigenvalue weighted by Crippen LogP contribution is 2.12. The number of rotatable bonds is 2. The Hall–Kier alpha value is -1.97. The number of hydrogen-bond donors (Lipinski definition) is 1. The second-order valence-corrected chi connectivity index (χ2v) is 2.77. The highest BCUT2D eigenvalue weighted by atomic mass is 15.2. The van der Waals surface area contributed by atoms with Gasteiger partial charge in [-0.25, -0.2) is 0 Å². The molecule has 0 amide bonds. The molecule has 4 nitrogen and oxygen atoms in total. The first kappa shape index (κ1) is 8.62. The van der Waals surface area contributed by atoms with Crippen LogP contribution >= 0.6 is 0 Å². The Balaban J connectivity index is 2.34. The summed E-state index contributed by atoms with van der Waals surface area (Å²) in [6.45, 7) is 0. The van der Waals surface area contributed by atoms with Crippen molar-refractivity contribution in [2.45, 2.75) is 0 Å². The van der Waals surface area contributed by atoms with Gasteiger partial charge in [0.15, 0.2) is 0 Å². The average molecular weight is 186 g/mol. The molecule has 0 aliphatic heterocycles. The summed E-state index contributed by atoms with van der Waals surface area (Å²) in [6, 6.07) is 9.47. The molecule has 4 heteroatoms. The molecule has 0 aromatic carbocycles. The van der Waals surface area contributed by atoms with Crippen molar-refractivity contribution >= 4 is 5.82 Å². The predicted molar refractivity (Wildman–Crippen MR) is 54.8 cm³/mol. The van der Waals surface area contributed by atoms with Crippen molar-refractivity contribution < 1.29 is 0 Å². The third kappa shape index (κ3) is 1.69. The van der Waals surface area contributed by atoms with Gasteiger partial charge in [0.1, 0.15) is 11.5 Å². The molecule has 70 valence electrons. The zero-order chi connectivity index (χ0) is 9.80. The Morgan fingerprint density at radius 1 is 1.00 bits per heavy atom. The first-order valence-electron chi connectivity index (χ1n) is 4.33. The standard InChI is InChI=1S/C10H10N4/c1-11-10-6-5-9(13-14-10)8-4-2-3-7-12-8/h2-7H,1H3,(H,11,14). The molecule has 0 radical (unpaired) electrons. The molecular weight excluding hydrogens is 176 g/mol. The van der Waals surface area contributed by atoms with Crippen molar-refractivity contribution in [1.29, 1.82) is 0 Å². The van der Waals surface area contributed by atoms with Gasteiger partial charge in [0.25, 0.3) is 0 Å². The van der Waals surface area contributed by atoms with Crippen LogP contribution in [0.4, 0.5) is 5.82 Å². The van der Waals surface area contributed by atoms with Gasteiger partial charge in [-0.2, -0.15) is 0 Å². The smallest absolute Gasteiger partial charge is 0.148 e. The number of aromatic nitrogens is 3. The van der Waals surface area contributed by atoms with E-state index in [4.69, 9.17) is 0 Å². The van der Waals surface area contributed by atoms with Crippen LogP contribution in [0.2, 0.25) is 0 Å². The van der Waals surface area contributed by atoms with Crippen LogP contribution in [0.15, 0.2) is 36.5 Å². The van der Waals surface area contributed by atoms with Crippen molar-refractivity contribution in [2.24, 2.45) is 0 Å². The van der Waals surface area contributed by atoms with E-state index in [1.165, 1.54) is 0 Å². The fourth-order valence-corrected chi connectivity index (χ4v) is 1.12. The van der Waals surface area contributed by atoms with E-state index in [1.54, 1.807) is 6.20 Å². The number of nitrogens with zero attached hydrogens (tertiary/aromatic N) is 3. The van der Waals surface area contributed by atoms with E-state index < -0.39 is 0 Å². The molecule has 1 N–H and O–H groups in total. The molecule has 0 saturated carbocycles. The third-order valence-corrected chi connectivity index (χ3v) is 1.85. The van der Waals surface area contributed by atoms with E-state index in [2.05, 4.69) is 20.5 Å². The molecule has 0 atom stereocenters. The minimum absolute atomic E-state index is 0.754. The first-order chi connectivity index (χ1) is 6.90. The highest BCUT2D eigenvalue weighted by molar-refractivity contribution is 5.54. The lowest BCUT2D eigenvalue weighted by Crippen LogP contribution is -1.95. The van der Waals surface area contributed by atoms with Crippen molar-refractivity contribution in [3.8, 4) is 11.4 Å². The summed E-state index contributed by atoms with van der Waals surface area (Å²) in [5.74, 6) is 0.754. The summed E-state index contributed by atoms with van der Waals surface area (Å²) in [5.41, 5.74) is 1.62. The van der Waals surface area contributed by atoms with Gasteiger partial charge in [-0.15, -0.1) is 10.2 Å². The molecule has 0 bridgehead atoms. The summed E-state index contributed by atoms with van der Waals surface area (Å²) in [6.07, 6.45) is 1.74. The van der Waals surface area contributed by atoms with Crippen LogP contribution in [0.1, 0.15) is 0 Å². The Kier molecular flexibility index (Phi) is 2.36. The van der Waals surface area contributed by atoms with E-state index in [0.717, 1.165) is 17.2 Å².